The Bertz CT molecular complexity index is 352. The van der Waals surface area contributed by atoms with Gasteiger partial charge in [-0.05, 0) is 39.5 Å². The molecule has 0 spiro atoms. The summed E-state index contributed by atoms with van der Waals surface area (Å²) in [7, 11) is 1.37. The number of piperidine rings is 1. The standard InChI is InChI=1S/C14H26N2O4/c1-14(2,3)20-13(18)16-8-7-11(15)10(9-16)5-6-12(17)19-4/h10-11H,5-9,15H2,1-4H3. The predicted octanol–water partition coefficient (Wildman–Crippen LogP) is 1.52. The number of likely N-dealkylation sites (tertiary alicyclic amines) is 1. The molecule has 1 amide bonds. The van der Waals surface area contributed by atoms with Crippen molar-refractivity contribution in [3.63, 3.8) is 0 Å². The van der Waals surface area contributed by atoms with Crippen molar-refractivity contribution in [3.8, 4) is 0 Å². The third-order valence-electron chi connectivity index (χ3n) is 3.39. The molecule has 0 aliphatic carbocycles. The normalized spacial score (nSPS) is 23.4. The molecule has 2 atom stereocenters. The monoisotopic (exact) mass is 286 g/mol. The van der Waals surface area contributed by atoms with E-state index in [4.69, 9.17) is 10.5 Å². The first-order chi connectivity index (χ1) is 9.23. The molecule has 1 rings (SSSR count). The van der Waals surface area contributed by atoms with Crippen LogP contribution in [0.5, 0.6) is 0 Å². The Morgan fingerprint density at radius 3 is 2.55 bits per heavy atom. The van der Waals surface area contributed by atoms with Crippen molar-refractivity contribution in [2.75, 3.05) is 20.2 Å². The Labute approximate surface area is 120 Å². The topological polar surface area (TPSA) is 81.9 Å². The highest BCUT2D eigenvalue weighted by Gasteiger charge is 2.31. The lowest BCUT2D eigenvalue weighted by Crippen LogP contribution is -2.50. The number of hydrogen-bond acceptors (Lipinski definition) is 5. The Hall–Kier alpha value is -1.30. The van der Waals surface area contributed by atoms with Crippen molar-refractivity contribution < 1.29 is 19.1 Å². The number of carbonyl (C=O) groups is 2. The van der Waals surface area contributed by atoms with Gasteiger partial charge in [0.05, 0.1) is 7.11 Å². The van der Waals surface area contributed by atoms with Crippen molar-refractivity contribution in [1.29, 1.82) is 0 Å². The Kier molecular flexibility index (Phi) is 5.80. The Morgan fingerprint density at radius 1 is 1.35 bits per heavy atom. The molecule has 1 fully saturated rings. The highest BCUT2D eigenvalue weighted by atomic mass is 16.6. The summed E-state index contributed by atoms with van der Waals surface area (Å²) < 4.78 is 9.99. The summed E-state index contributed by atoms with van der Waals surface area (Å²) in [6.45, 7) is 6.66. The van der Waals surface area contributed by atoms with Gasteiger partial charge in [0, 0.05) is 25.6 Å². The fourth-order valence-electron chi connectivity index (χ4n) is 2.25. The summed E-state index contributed by atoms with van der Waals surface area (Å²) in [6.07, 6.45) is 1.38. The second kappa shape index (κ2) is 6.92. The maximum absolute atomic E-state index is 12.0. The maximum Gasteiger partial charge on any atom is 0.410 e. The minimum absolute atomic E-state index is 0.0124. The van der Waals surface area contributed by atoms with E-state index in [0.29, 0.717) is 25.9 Å². The van der Waals surface area contributed by atoms with E-state index in [0.717, 1.165) is 6.42 Å². The summed E-state index contributed by atoms with van der Waals surface area (Å²) in [4.78, 5) is 24.9. The highest BCUT2D eigenvalue weighted by Crippen LogP contribution is 2.22. The fraction of sp³-hybridized carbons (Fsp3) is 0.857. The number of methoxy groups -OCH3 is 1. The van der Waals surface area contributed by atoms with Crippen molar-refractivity contribution in [1.82, 2.24) is 4.90 Å². The first kappa shape index (κ1) is 16.8. The first-order valence-electron chi connectivity index (χ1n) is 7.03. The van der Waals surface area contributed by atoms with Gasteiger partial charge in [0.15, 0.2) is 0 Å². The van der Waals surface area contributed by atoms with E-state index in [9.17, 15) is 9.59 Å². The maximum atomic E-state index is 12.0. The van der Waals surface area contributed by atoms with E-state index in [1.807, 2.05) is 20.8 Å². The fourth-order valence-corrected chi connectivity index (χ4v) is 2.25. The number of carbonyl (C=O) groups excluding carboxylic acids is 2. The van der Waals surface area contributed by atoms with Gasteiger partial charge in [0.2, 0.25) is 0 Å². The van der Waals surface area contributed by atoms with E-state index in [1.165, 1.54) is 7.11 Å². The molecule has 0 aromatic rings. The van der Waals surface area contributed by atoms with Gasteiger partial charge in [-0.3, -0.25) is 4.79 Å². The molecule has 2 N–H and O–H groups in total. The average molecular weight is 286 g/mol. The molecular formula is C14H26N2O4. The number of ether oxygens (including phenoxy) is 2. The molecule has 6 heteroatoms. The lowest BCUT2D eigenvalue weighted by Gasteiger charge is -2.37. The molecule has 6 nitrogen and oxygen atoms in total. The van der Waals surface area contributed by atoms with Crippen LogP contribution in [0.25, 0.3) is 0 Å². The smallest absolute Gasteiger partial charge is 0.410 e. The minimum atomic E-state index is -0.502. The van der Waals surface area contributed by atoms with Gasteiger partial charge < -0.3 is 20.1 Å². The molecule has 1 heterocycles. The van der Waals surface area contributed by atoms with Crippen LogP contribution in [0, 0.1) is 5.92 Å². The Balaban J connectivity index is 2.52. The zero-order chi connectivity index (χ0) is 15.3. The van der Waals surface area contributed by atoms with Crippen molar-refractivity contribution in [2.24, 2.45) is 11.7 Å². The quantitative estimate of drug-likeness (QED) is 0.795. The highest BCUT2D eigenvalue weighted by molar-refractivity contribution is 5.69. The van der Waals surface area contributed by atoms with E-state index in [2.05, 4.69) is 4.74 Å². The third kappa shape index (κ3) is 5.36. The second-order valence-electron chi connectivity index (χ2n) is 6.25. The minimum Gasteiger partial charge on any atom is -0.469 e. The number of hydrogen-bond donors (Lipinski definition) is 1. The molecule has 1 aliphatic rings. The molecular weight excluding hydrogens is 260 g/mol. The van der Waals surface area contributed by atoms with Gasteiger partial charge in [-0.2, -0.15) is 0 Å². The zero-order valence-electron chi connectivity index (χ0n) is 12.8. The van der Waals surface area contributed by atoms with Crippen LogP contribution in [0.1, 0.15) is 40.0 Å². The predicted molar refractivity (Wildman–Crippen MR) is 75.1 cm³/mol. The van der Waals surface area contributed by atoms with Crippen LogP contribution in [0.4, 0.5) is 4.79 Å². The summed E-state index contributed by atoms with van der Waals surface area (Å²) in [6, 6.07) is 0.0124. The first-order valence-corrected chi connectivity index (χ1v) is 7.03. The van der Waals surface area contributed by atoms with Gasteiger partial charge in [0.1, 0.15) is 5.60 Å². The number of esters is 1. The second-order valence-corrected chi connectivity index (χ2v) is 6.25. The molecule has 2 unspecified atom stereocenters. The van der Waals surface area contributed by atoms with E-state index >= 15 is 0 Å². The van der Waals surface area contributed by atoms with Gasteiger partial charge in [0.25, 0.3) is 0 Å². The van der Waals surface area contributed by atoms with E-state index < -0.39 is 5.60 Å². The summed E-state index contributed by atoms with van der Waals surface area (Å²) in [5.74, 6) is -0.137. The van der Waals surface area contributed by atoms with Crippen molar-refractivity contribution in [3.05, 3.63) is 0 Å². The SMILES string of the molecule is COC(=O)CCC1CN(C(=O)OC(C)(C)C)CCC1N. The Morgan fingerprint density at radius 2 is 2.00 bits per heavy atom. The van der Waals surface area contributed by atoms with E-state index in [1.54, 1.807) is 4.90 Å². The number of nitrogens with zero attached hydrogens (tertiary/aromatic N) is 1. The average Bonchev–Trinajstić information content (AvgIpc) is 2.35. The van der Waals surface area contributed by atoms with Crippen LogP contribution in [-0.4, -0.2) is 48.8 Å². The molecule has 0 saturated carbocycles. The molecule has 116 valence electrons. The van der Waals surface area contributed by atoms with Crippen LogP contribution >= 0.6 is 0 Å². The van der Waals surface area contributed by atoms with Crippen LogP contribution < -0.4 is 5.73 Å². The number of rotatable bonds is 3. The van der Waals surface area contributed by atoms with Crippen molar-refractivity contribution >= 4 is 12.1 Å². The van der Waals surface area contributed by atoms with Crippen molar-refractivity contribution in [2.45, 2.75) is 51.7 Å². The van der Waals surface area contributed by atoms with Crippen LogP contribution in [0.3, 0.4) is 0 Å². The molecule has 0 aromatic carbocycles. The van der Waals surface area contributed by atoms with Gasteiger partial charge in [-0.1, -0.05) is 0 Å². The number of amides is 1. The van der Waals surface area contributed by atoms with Crippen LogP contribution in [0.15, 0.2) is 0 Å². The van der Waals surface area contributed by atoms with Crippen LogP contribution in [-0.2, 0) is 14.3 Å². The zero-order valence-corrected chi connectivity index (χ0v) is 12.8. The molecule has 1 saturated heterocycles. The summed E-state index contributed by atoms with van der Waals surface area (Å²) >= 11 is 0. The summed E-state index contributed by atoms with van der Waals surface area (Å²) in [5.41, 5.74) is 5.56. The number of nitrogens with two attached hydrogens (primary N) is 1. The van der Waals surface area contributed by atoms with Gasteiger partial charge in [-0.15, -0.1) is 0 Å². The molecule has 1 aliphatic heterocycles. The molecule has 20 heavy (non-hydrogen) atoms. The molecule has 0 radical (unpaired) electrons. The molecule has 0 bridgehead atoms. The lowest BCUT2D eigenvalue weighted by atomic mass is 9.89. The third-order valence-corrected chi connectivity index (χ3v) is 3.39. The lowest BCUT2D eigenvalue weighted by molar-refractivity contribution is -0.141. The summed E-state index contributed by atoms with van der Waals surface area (Å²) in [5, 5.41) is 0. The van der Waals surface area contributed by atoms with Gasteiger partial charge >= 0.3 is 12.1 Å². The van der Waals surface area contributed by atoms with E-state index in [-0.39, 0.29) is 24.0 Å². The largest absolute Gasteiger partial charge is 0.469 e. The van der Waals surface area contributed by atoms with Gasteiger partial charge in [-0.25, -0.2) is 4.79 Å². The molecule has 0 aromatic heterocycles. The van der Waals surface area contributed by atoms with Crippen LogP contribution in [0.2, 0.25) is 0 Å².